The van der Waals surface area contributed by atoms with Gasteiger partial charge in [0, 0.05) is 4.47 Å². The summed E-state index contributed by atoms with van der Waals surface area (Å²) in [6.07, 6.45) is 0. The van der Waals surface area contributed by atoms with Gasteiger partial charge in [-0.05, 0) is 22.0 Å². The molecule has 0 amide bonds. The Morgan fingerprint density at radius 2 is 2.40 bits per heavy atom. The molecular weight excluding hydrogens is 254 g/mol. The van der Waals surface area contributed by atoms with E-state index in [1.54, 1.807) is 0 Å². The van der Waals surface area contributed by atoms with Crippen LogP contribution in [0, 0.1) is 0 Å². The zero-order valence-corrected chi connectivity index (χ0v) is 8.70. The van der Waals surface area contributed by atoms with Crippen LogP contribution in [0.5, 0.6) is 0 Å². The standard InChI is InChI=1S/C5H3BrClNS2/c6-2-1-3(5(8)9)10-4(2)7/h1H,(H2,8,9). The molecule has 1 heterocycles. The Kier molecular flexibility index (Phi) is 2.68. The molecule has 10 heavy (non-hydrogen) atoms. The molecule has 0 saturated heterocycles. The van der Waals surface area contributed by atoms with E-state index in [4.69, 9.17) is 29.6 Å². The molecule has 54 valence electrons. The predicted octanol–water partition coefficient (Wildman–Crippen LogP) is 2.80. The van der Waals surface area contributed by atoms with Crippen LogP contribution < -0.4 is 5.73 Å². The van der Waals surface area contributed by atoms with Crippen molar-refractivity contribution in [1.82, 2.24) is 0 Å². The minimum absolute atomic E-state index is 0.387. The fraction of sp³-hybridized carbons (Fsp3) is 0. The highest BCUT2D eigenvalue weighted by Crippen LogP contribution is 2.31. The highest BCUT2D eigenvalue weighted by atomic mass is 79.9. The third-order valence-electron chi connectivity index (χ3n) is 0.888. The molecule has 0 bridgehead atoms. The van der Waals surface area contributed by atoms with E-state index < -0.39 is 0 Å². The highest BCUT2D eigenvalue weighted by Gasteiger charge is 2.05. The Morgan fingerprint density at radius 3 is 2.60 bits per heavy atom. The Hall–Kier alpha value is 0.360. The first-order chi connectivity index (χ1) is 4.61. The van der Waals surface area contributed by atoms with Crippen molar-refractivity contribution in [2.24, 2.45) is 5.73 Å². The number of thiophene rings is 1. The number of hydrogen-bond acceptors (Lipinski definition) is 2. The van der Waals surface area contributed by atoms with Crippen LogP contribution in [-0.4, -0.2) is 4.99 Å². The van der Waals surface area contributed by atoms with E-state index >= 15 is 0 Å². The van der Waals surface area contributed by atoms with Crippen molar-refractivity contribution in [2.75, 3.05) is 0 Å². The van der Waals surface area contributed by atoms with Gasteiger partial charge >= 0.3 is 0 Å². The fourth-order valence-corrected chi connectivity index (χ4v) is 2.21. The van der Waals surface area contributed by atoms with E-state index in [1.807, 2.05) is 6.07 Å². The average Bonchev–Trinajstić information content (AvgIpc) is 2.13. The largest absolute Gasteiger partial charge is 0.389 e. The monoisotopic (exact) mass is 255 g/mol. The van der Waals surface area contributed by atoms with Crippen LogP contribution in [0.15, 0.2) is 10.5 Å². The zero-order chi connectivity index (χ0) is 7.72. The fourth-order valence-electron chi connectivity index (χ4n) is 0.468. The molecule has 1 aromatic rings. The van der Waals surface area contributed by atoms with Crippen molar-refractivity contribution in [1.29, 1.82) is 0 Å². The molecule has 1 rings (SSSR count). The SMILES string of the molecule is NC(=S)c1cc(Br)c(Cl)s1. The molecule has 0 aromatic carbocycles. The van der Waals surface area contributed by atoms with Gasteiger partial charge in [-0.15, -0.1) is 11.3 Å². The molecule has 0 saturated carbocycles. The average molecular weight is 257 g/mol. The number of rotatable bonds is 1. The van der Waals surface area contributed by atoms with Gasteiger partial charge in [0.1, 0.15) is 9.32 Å². The third-order valence-corrected chi connectivity index (χ3v) is 3.75. The summed E-state index contributed by atoms with van der Waals surface area (Å²) in [5.41, 5.74) is 5.36. The van der Waals surface area contributed by atoms with Gasteiger partial charge in [0.2, 0.25) is 0 Å². The van der Waals surface area contributed by atoms with Crippen LogP contribution in [0.25, 0.3) is 0 Å². The molecular formula is C5H3BrClNS2. The number of thiocarbonyl (C=S) groups is 1. The second kappa shape index (κ2) is 3.17. The number of halogens is 2. The van der Waals surface area contributed by atoms with Gasteiger partial charge < -0.3 is 5.73 Å². The first-order valence-electron chi connectivity index (χ1n) is 2.36. The number of nitrogens with two attached hydrogens (primary N) is 1. The molecule has 0 aliphatic carbocycles. The van der Waals surface area contributed by atoms with E-state index in [-0.39, 0.29) is 0 Å². The molecule has 0 radical (unpaired) electrons. The van der Waals surface area contributed by atoms with Gasteiger partial charge in [0.15, 0.2) is 0 Å². The Morgan fingerprint density at radius 1 is 1.80 bits per heavy atom. The second-order valence-electron chi connectivity index (χ2n) is 1.60. The molecule has 0 aliphatic rings. The molecule has 0 atom stereocenters. The summed E-state index contributed by atoms with van der Waals surface area (Å²) in [6, 6.07) is 1.81. The second-order valence-corrected chi connectivity index (χ2v) is 4.54. The van der Waals surface area contributed by atoms with Gasteiger partial charge in [0.05, 0.1) is 4.88 Å². The summed E-state index contributed by atoms with van der Waals surface area (Å²) in [4.78, 5) is 1.23. The Labute approximate surface area is 81.3 Å². The lowest BCUT2D eigenvalue weighted by Gasteiger charge is -1.85. The summed E-state index contributed by atoms with van der Waals surface area (Å²) in [5, 5.41) is 0. The lowest BCUT2D eigenvalue weighted by Crippen LogP contribution is -2.06. The van der Waals surface area contributed by atoms with Gasteiger partial charge in [-0.2, -0.15) is 0 Å². The van der Waals surface area contributed by atoms with Crippen molar-refractivity contribution in [3.05, 3.63) is 19.8 Å². The van der Waals surface area contributed by atoms with Crippen molar-refractivity contribution in [3.63, 3.8) is 0 Å². The molecule has 0 fully saturated rings. The van der Waals surface area contributed by atoms with E-state index in [1.165, 1.54) is 11.3 Å². The third kappa shape index (κ3) is 1.69. The molecule has 1 aromatic heterocycles. The maximum atomic E-state index is 5.73. The molecule has 2 N–H and O–H groups in total. The van der Waals surface area contributed by atoms with E-state index in [2.05, 4.69) is 15.9 Å². The lowest BCUT2D eigenvalue weighted by atomic mass is 10.5. The predicted molar refractivity (Wildman–Crippen MR) is 52.9 cm³/mol. The summed E-state index contributed by atoms with van der Waals surface area (Å²) < 4.78 is 1.53. The lowest BCUT2D eigenvalue weighted by molar-refractivity contribution is 1.77. The van der Waals surface area contributed by atoms with Crippen LogP contribution in [0.4, 0.5) is 0 Å². The smallest absolute Gasteiger partial charge is 0.114 e. The van der Waals surface area contributed by atoms with E-state index in [0.29, 0.717) is 9.32 Å². The van der Waals surface area contributed by atoms with Crippen molar-refractivity contribution < 1.29 is 0 Å². The maximum absolute atomic E-state index is 5.73. The Balaban J connectivity index is 3.10. The van der Waals surface area contributed by atoms with Gasteiger partial charge in [-0.1, -0.05) is 23.8 Å². The maximum Gasteiger partial charge on any atom is 0.114 e. The zero-order valence-electron chi connectivity index (χ0n) is 4.73. The first kappa shape index (κ1) is 8.46. The minimum atomic E-state index is 0.387. The number of hydrogen-bond donors (Lipinski definition) is 1. The van der Waals surface area contributed by atoms with Crippen LogP contribution in [0.1, 0.15) is 4.88 Å². The highest BCUT2D eigenvalue weighted by molar-refractivity contribution is 9.10. The van der Waals surface area contributed by atoms with Crippen LogP contribution in [0.3, 0.4) is 0 Å². The van der Waals surface area contributed by atoms with E-state index in [0.717, 1.165) is 9.35 Å². The van der Waals surface area contributed by atoms with Gasteiger partial charge in [0.25, 0.3) is 0 Å². The summed E-state index contributed by atoms with van der Waals surface area (Å²) in [7, 11) is 0. The molecule has 0 unspecified atom stereocenters. The molecule has 0 aliphatic heterocycles. The van der Waals surface area contributed by atoms with Crippen LogP contribution in [-0.2, 0) is 0 Å². The Bertz CT molecular complexity index is 251. The summed E-state index contributed by atoms with van der Waals surface area (Å²) in [5.74, 6) is 0. The normalized spacial score (nSPS) is 9.80. The molecule has 0 spiro atoms. The van der Waals surface area contributed by atoms with Crippen LogP contribution >= 0.6 is 51.1 Å². The topological polar surface area (TPSA) is 26.0 Å². The molecule has 1 nitrogen and oxygen atoms in total. The quantitative estimate of drug-likeness (QED) is 0.782. The molecule has 5 heteroatoms. The van der Waals surface area contributed by atoms with Crippen molar-refractivity contribution >= 4 is 56.1 Å². The minimum Gasteiger partial charge on any atom is -0.389 e. The van der Waals surface area contributed by atoms with Crippen molar-refractivity contribution in [2.45, 2.75) is 0 Å². The van der Waals surface area contributed by atoms with E-state index in [9.17, 15) is 0 Å². The van der Waals surface area contributed by atoms with Crippen molar-refractivity contribution in [3.8, 4) is 0 Å². The van der Waals surface area contributed by atoms with Crippen LogP contribution in [0.2, 0.25) is 4.34 Å². The summed E-state index contributed by atoms with van der Waals surface area (Å²) >= 11 is 15.1. The van der Waals surface area contributed by atoms with Gasteiger partial charge in [-0.3, -0.25) is 0 Å². The van der Waals surface area contributed by atoms with Gasteiger partial charge in [-0.25, -0.2) is 0 Å². The first-order valence-corrected chi connectivity index (χ1v) is 4.75. The summed E-state index contributed by atoms with van der Waals surface area (Å²) in [6.45, 7) is 0.